The molecule has 0 aromatic carbocycles. The maximum Gasteiger partial charge on any atom is 0.433 e. The Bertz CT molecular complexity index is 626. The van der Waals surface area contributed by atoms with Crippen LogP contribution in [0.25, 0.3) is 11.4 Å². The number of nitrogens with one attached hydrogen (secondary N) is 1. The smallest absolute Gasteiger partial charge is 0.272 e. The SMILES string of the molecule is Cc1ccnc(-c2n[nH]c(C(F)(F)F)c2C(F)(F)F)c1. The van der Waals surface area contributed by atoms with Crippen LogP contribution < -0.4 is 0 Å². The van der Waals surface area contributed by atoms with Gasteiger partial charge in [0.25, 0.3) is 0 Å². The standard InChI is InChI=1S/C11H7F6N3/c1-5-2-3-18-6(4-5)8-7(10(12,13)14)9(20-19-8)11(15,16)17/h2-4H,1H3,(H,19,20). The van der Waals surface area contributed by atoms with Crippen LogP contribution >= 0.6 is 0 Å². The zero-order chi connectivity index (χ0) is 15.1. The minimum atomic E-state index is -5.20. The van der Waals surface area contributed by atoms with E-state index in [1.807, 2.05) is 0 Å². The lowest BCUT2D eigenvalue weighted by Crippen LogP contribution is -2.16. The molecule has 0 saturated heterocycles. The van der Waals surface area contributed by atoms with Gasteiger partial charge in [-0.25, -0.2) is 0 Å². The van der Waals surface area contributed by atoms with Gasteiger partial charge in [0, 0.05) is 6.20 Å². The number of aryl methyl sites for hydroxylation is 1. The second-order valence-corrected chi connectivity index (χ2v) is 4.04. The van der Waals surface area contributed by atoms with Gasteiger partial charge in [0.1, 0.15) is 11.3 Å². The highest BCUT2D eigenvalue weighted by molar-refractivity contribution is 5.61. The number of aromatic amines is 1. The number of alkyl halides is 6. The normalized spacial score (nSPS) is 12.8. The largest absolute Gasteiger partial charge is 0.433 e. The van der Waals surface area contributed by atoms with E-state index in [-0.39, 0.29) is 5.69 Å². The fourth-order valence-electron chi connectivity index (χ4n) is 1.67. The van der Waals surface area contributed by atoms with Gasteiger partial charge in [0.05, 0.1) is 5.69 Å². The molecule has 2 aromatic heterocycles. The van der Waals surface area contributed by atoms with Crippen molar-refractivity contribution in [2.24, 2.45) is 0 Å². The average Bonchev–Trinajstić information content (AvgIpc) is 2.72. The molecule has 0 aliphatic heterocycles. The summed E-state index contributed by atoms with van der Waals surface area (Å²) in [4.78, 5) is 3.63. The molecule has 20 heavy (non-hydrogen) atoms. The van der Waals surface area contributed by atoms with Crippen LogP contribution in [0.5, 0.6) is 0 Å². The number of rotatable bonds is 1. The van der Waals surface area contributed by atoms with E-state index in [4.69, 9.17) is 0 Å². The minimum Gasteiger partial charge on any atom is -0.272 e. The van der Waals surface area contributed by atoms with Crippen LogP contribution in [0.2, 0.25) is 0 Å². The Hall–Kier alpha value is -2.06. The quantitative estimate of drug-likeness (QED) is 0.813. The predicted octanol–water partition coefficient (Wildman–Crippen LogP) is 3.82. The first-order valence-corrected chi connectivity index (χ1v) is 5.26. The van der Waals surface area contributed by atoms with E-state index in [0.717, 1.165) is 0 Å². The highest BCUT2D eigenvalue weighted by Crippen LogP contribution is 2.43. The van der Waals surface area contributed by atoms with Gasteiger partial charge in [-0.2, -0.15) is 31.4 Å². The van der Waals surface area contributed by atoms with Crippen molar-refractivity contribution < 1.29 is 26.3 Å². The molecule has 0 aliphatic rings. The predicted molar refractivity (Wildman–Crippen MR) is 56.6 cm³/mol. The van der Waals surface area contributed by atoms with Crippen LogP contribution in [0.3, 0.4) is 0 Å². The van der Waals surface area contributed by atoms with Crippen LogP contribution in [-0.4, -0.2) is 15.2 Å². The minimum absolute atomic E-state index is 0.274. The Balaban J connectivity index is 2.70. The Morgan fingerprint density at radius 2 is 1.70 bits per heavy atom. The number of aromatic nitrogens is 3. The lowest BCUT2D eigenvalue weighted by atomic mass is 10.1. The van der Waals surface area contributed by atoms with Crippen molar-refractivity contribution in [3.05, 3.63) is 35.2 Å². The van der Waals surface area contributed by atoms with Crippen LogP contribution in [0.4, 0.5) is 26.3 Å². The maximum atomic E-state index is 12.9. The van der Waals surface area contributed by atoms with E-state index in [2.05, 4.69) is 10.1 Å². The molecule has 0 aliphatic carbocycles. The van der Waals surface area contributed by atoms with E-state index in [9.17, 15) is 26.3 Å². The van der Waals surface area contributed by atoms with Crippen molar-refractivity contribution in [1.29, 1.82) is 0 Å². The molecule has 1 N–H and O–H groups in total. The molecule has 0 spiro atoms. The average molecular weight is 295 g/mol. The fourth-order valence-corrected chi connectivity index (χ4v) is 1.67. The molecular weight excluding hydrogens is 288 g/mol. The summed E-state index contributed by atoms with van der Waals surface area (Å²) < 4.78 is 76.4. The Kier molecular flexibility index (Phi) is 3.23. The van der Waals surface area contributed by atoms with Crippen LogP contribution in [-0.2, 0) is 12.4 Å². The van der Waals surface area contributed by atoms with Gasteiger partial charge < -0.3 is 0 Å². The van der Waals surface area contributed by atoms with Crippen molar-refractivity contribution >= 4 is 0 Å². The van der Waals surface area contributed by atoms with Gasteiger partial charge in [-0.15, -0.1) is 0 Å². The molecule has 2 aromatic rings. The molecule has 0 atom stereocenters. The number of hydrogen-bond acceptors (Lipinski definition) is 2. The molecule has 0 amide bonds. The zero-order valence-corrected chi connectivity index (χ0v) is 9.89. The summed E-state index contributed by atoms with van der Waals surface area (Å²) in [6, 6.07) is 2.74. The summed E-state index contributed by atoms with van der Waals surface area (Å²) in [7, 11) is 0. The van der Waals surface area contributed by atoms with E-state index in [1.165, 1.54) is 23.4 Å². The Morgan fingerprint density at radius 1 is 1.05 bits per heavy atom. The lowest BCUT2D eigenvalue weighted by molar-refractivity contribution is -0.163. The van der Waals surface area contributed by atoms with E-state index >= 15 is 0 Å². The summed E-state index contributed by atoms with van der Waals surface area (Å²) in [6.45, 7) is 1.58. The second kappa shape index (κ2) is 4.50. The van der Waals surface area contributed by atoms with Crippen molar-refractivity contribution in [3.8, 4) is 11.4 Å². The maximum absolute atomic E-state index is 12.9. The third kappa shape index (κ3) is 2.61. The molecule has 108 valence electrons. The highest BCUT2D eigenvalue weighted by atomic mass is 19.4. The van der Waals surface area contributed by atoms with Gasteiger partial charge in [-0.1, -0.05) is 0 Å². The monoisotopic (exact) mass is 295 g/mol. The third-order valence-electron chi connectivity index (χ3n) is 2.49. The van der Waals surface area contributed by atoms with Crippen molar-refractivity contribution in [1.82, 2.24) is 15.2 Å². The highest BCUT2D eigenvalue weighted by Gasteiger charge is 2.48. The molecule has 0 bridgehead atoms. The summed E-state index contributed by atoms with van der Waals surface area (Å²) >= 11 is 0. The molecule has 9 heteroatoms. The van der Waals surface area contributed by atoms with E-state index < -0.39 is 29.3 Å². The molecular formula is C11H7F6N3. The molecule has 0 unspecified atom stereocenters. The van der Waals surface area contributed by atoms with Crippen molar-refractivity contribution in [2.45, 2.75) is 19.3 Å². The Labute approximate surface area is 108 Å². The zero-order valence-electron chi connectivity index (χ0n) is 9.89. The number of halogens is 6. The summed E-state index contributed by atoms with van der Waals surface area (Å²) in [5.74, 6) is 0. The first kappa shape index (κ1) is 14.4. The fraction of sp³-hybridized carbons (Fsp3) is 0.273. The molecule has 2 heterocycles. The van der Waals surface area contributed by atoms with Gasteiger partial charge in [-0.3, -0.25) is 10.1 Å². The molecule has 3 nitrogen and oxygen atoms in total. The number of hydrogen-bond donors (Lipinski definition) is 1. The number of H-pyrrole nitrogens is 1. The van der Waals surface area contributed by atoms with Gasteiger partial charge in [0.15, 0.2) is 5.69 Å². The van der Waals surface area contributed by atoms with Crippen LogP contribution in [0.1, 0.15) is 16.8 Å². The van der Waals surface area contributed by atoms with Gasteiger partial charge >= 0.3 is 12.4 Å². The summed E-state index contributed by atoms with van der Waals surface area (Å²) in [5, 5.41) is 4.54. The molecule has 2 rings (SSSR count). The summed E-state index contributed by atoms with van der Waals surface area (Å²) in [6.07, 6.45) is -9.18. The lowest BCUT2D eigenvalue weighted by Gasteiger charge is -2.11. The van der Waals surface area contributed by atoms with Gasteiger partial charge in [-0.05, 0) is 24.6 Å². The van der Waals surface area contributed by atoms with Crippen LogP contribution in [0, 0.1) is 6.92 Å². The Morgan fingerprint density at radius 3 is 2.20 bits per heavy atom. The van der Waals surface area contributed by atoms with Gasteiger partial charge in [0.2, 0.25) is 0 Å². The molecule has 0 radical (unpaired) electrons. The first-order chi connectivity index (χ1) is 9.10. The van der Waals surface area contributed by atoms with E-state index in [0.29, 0.717) is 5.56 Å². The molecule has 0 fully saturated rings. The summed E-state index contributed by atoms with van der Waals surface area (Å²) in [5.41, 5.74) is -4.37. The topological polar surface area (TPSA) is 41.6 Å². The number of pyridine rings is 1. The first-order valence-electron chi connectivity index (χ1n) is 5.26. The second-order valence-electron chi connectivity index (χ2n) is 4.04. The van der Waals surface area contributed by atoms with Crippen molar-refractivity contribution in [2.75, 3.05) is 0 Å². The van der Waals surface area contributed by atoms with E-state index in [1.54, 1.807) is 6.92 Å². The number of nitrogens with zero attached hydrogens (tertiary/aromatic N) is 2. The third-order valence-corrected chi connectivity index (χ3v) is 2.49. The van der Waals surface area contributed by atoms with Crippen LogP contribution in [0.15, 0.2) is 18.3 Å². The molecule has 0 saturated carbocycles. The van der Waals surface area contributed by atoms with Crippen molar-refractivity contribution in [3.63, 3.8) is 0 Å².